The molecule has 0 radical (unpaired) electrons. The maximum Gasteiger partial charge on any atom is 0.0271 e. The SMILES string of the molecule is C=N/C=C\C(=C)SC. The van der Waals surface area contributed by atoms with Crippen LogP contribution in [0, 0.1) is 0 Å². The predicted molar refractivity (Wildman–Crippen MR) is 41.3 cm³/mol. The molecule has 0 spiro atoms. The molecule has 0 atom stereocenters. The zero-order chi connectivity index (χ0) is 6.41. The van der Waals surface area contributed by atoms with Crippen LogP contribution in [0.15, 0.2) is 28.8 Å². The van der Waals surface area contributed by atoms with Crippen molar-refractivity contribution < 1.29 is 0 Å². The van der Waals surface area contributed by atoms with Gasteiger partial charge < -0.3 is 0 Å². The lowest BCUT2D eigenvalue weighted by atomic mass is 10.6. The maximum atomic E-state index is 3.70. The van der Waals surface area contributed by atoms with Gasteiger partial charge in [0.2, 0.25) is 0 Å². The molecule has 0 aromatic heterocycles. The van der Waals surface area contributed by atoms with E-state index in [1.165, 1.54) is 0 Å². The molecule has 0 unspecified atom stereocenters. The van der Waals surface area contributed by atoms with Gasteiger partial charge in [-0.05, 0) is 19.0 Å². The summed E-state index contributed by atoms with van der Waals surface area (Å²) in [5.74, 6) is 0. The molecule has 0 bridgehead atoms. The molecular formula is C6H9NS. The van der Waals surface area contributed by atoms with E-state index < -0.39 is 0 Å². The van der Waals surface area contributed by atoms with Crippen molar-refractivity contribution in [1.82, 2.24) is 0 Å². The monoisotopic (exact) mass is 127 g/mol. The topological polar surface area (TPSA) is 12.4 Å². The Bertz CT molecular complexity index is 116. The van der Waals surface area contributed by atoms with Gasteiger partial charge in [-0.2, -0.15) is 0 Å². The van der Waals surface area contributed by atoms with Crippen LogP contribution in [0.5, 0.6) is 0 Å². The fourth-order valence-electron chi connectivity index (χ4n) is 0.204. The largest absolute Gasteiger partial charge is 0.272 e. The number of nitrogens with zero attached hydrogens (tertiary/aromatic N) is 1. The first-order chi connectivity index (χ1) is 3.81. The number of thioether (sulfide) groups is 1. The molecule has 0 amide bonds. The summed E-state index contributed by atoms with van der Waals surface area (Å²) >= 11 is 1.60. The lowest BCUT2D eigenvalue weighted by Gasteiger charge is -1.85. The highest BCUT2D eigenvalue weighted by Crippen LogP contribution is 2.08. The smallest absolute Gasteiger partial charge is 0.0271 e. The Kier molecular flexibility index (Phi) is 4.36. The van der Waals surface area contributed by atoms with E-state index in [9.17, 15) is 0 Å². The minimum absolute atomic E-state index is 0.998. The highest BCUT2D eigenvalue weighted by molar-refractivity contribution is 8.02. The number of rotatable bonds is 3. The van der Waals surface area contributed by atoms with Gasteiger partial charge in [-0.15, -0.1) is 11.8 Å². The van der Waals surface area contributed by atoms with E-state index in [1.54, 1.807) is 18.0 Å². The molecule has 2 heteroatoms. The number of hydrogen-bond acceptors (Lipinski definition) is 2. The van der Waals surface area contributed by atoms with Crippen LogP contribution in [-0.2, 0) is 0 Å². The van der Waals surface area contributed by atoms with E-state index in [-0.39, 0.29) is 0 Å². The average Bonchev–Trinajstić information content (AvgIpc) is 1.83. The standard InChI is InChI=1S/C6H9NS/c1-6(8-3)4-5-7-2/h4-5H,1-2H2,3H3/b5-4-. The normalized spacial score (nSPS) is 9.62. The minimum atomic E-state index is 0.998. The van der Waals surface area contributed by atoms with Crippen molar-refractivity contribution in [3.63, 3.8) is 0 Å². The van der Waals surface area contributed by atoms with E-state index in [2.05, 4.69) is 18.3 Å². The van der Waals surface area contributed by atoms with Crippen molar-refractivity contribution in [3.05, 3.63) is 23.8 Å². The second-order valence-corrected chi connectivity index (χ2v) is 2.10. The molecule has 44 valence electrons. The van der Waals surface area contributed by atoms with Gasteiger partial charge in [0, 0.05) is 11.1 Å². The third-order valence-electron chi connectivity index (χ3n) is 0.628. The van der Waals surface area contributed by atoms with Crippen LogP contribution in [0.1, 0.15) is 0 Å². The van der Waals surface area contributed by atoms with Gasteiger partial charge in [0.05, 0.1) is 0 Å². The van der Waals surface area contributed by atoms with E-state index in [0.717, 1.165) is 4.91 Å². The molecule has 0 saturated carbocycles. The fourth-order valence-corrected chi connectivity index (χ4v) is 0.401. The molecule has 0 aromatic rings. The van der Waals surface area contributed by atoms with Gasteiger partial charge in [0.1, 0.15) is 0 Å². The first kappa shape index (κ1) is 7.50. The van der Waals surface area contributed by atoms with Crippen LogP contribution >= 0.6 is 11.8 Å². The van der Waals surface area contributed by atoms with E-state index in [4.69, 9.17) is 0 Å². The zero-order valence-electron chi connectivity index (χ0n) is 4.92. The van der Waals surface area contributed by atoms with Crippen molar-refractivity contribution in [2.24, 2.45) is 4.99 Å². The van der Waals surface area contributed by atoms with Crippen LogP contribution in [0.25, 0.3) is 0 Å². The van der Waals surface area contributed by atoms with Crippen LogP contribution in [-0.4, -0.2) is 13.0 Å². The van der Waals surface area contributed by atoms with Gasteiger partial charge in [0.25, 0.3) is 0 Å². The summed E-state index contributed by atoms with van der Waals surface area (Å²) in [4.78, 5) is 4.52. The van der Waals surface area contributed by atoms with Gasteiger partial charge >= 0.3 is 0 Å². The van der Waals surface area contributed by atoms with Gasteiger partial charge in [-0.25, -0.2) is 0 Å². The molecule has 0 aromatic carbocycles. The minimum Gasteiger partial charge on any atom is -0.272 e. The molecule has 0 fully saturated rings. The lowest BCUT2D eigenvalue weighted by molar-refractivity contribution is 1.61. The average molecular weight is 127 g/mol. The Morgan fingerprint density at radius 1 is 1.75 bits per heavy atom. The number of aliphatic imine (C=N–C) groups is 1. The summed E-state index contributed by atoms with van der Waals surface area (Å²) in [5, 5.41) is 0. The Labute approximate surface area is 54.2 Å². The van der Waals surface area contributed by atoms with Crippen LogP contribution in [0.4, 0.5) is 0 Å². The van der Waals surface area contributed by atoms with E-state index in [0.29, 0.717) is 0 Å². The third-order valence-corrected chi connectivity index (χ3v) is 1.29. The molecule has 0 heterocycles. The van der Waals surface area contributed by atoms with Gasteiger partial charge in [0.15, 0.2) is 0 Å². The molecular weight excluding hydrogens is 118 g/mol. The molecule has 0 N–H and O–H groups in total. The molecule has 8 heavy (non-hydrogen) atoms. The van der Waals surface area contributed by atoms with Crippen molar-refractivity contribution >= 4 is 18.5 Å². The molecule has 0 aliphatic heterocycles. The summed E-state index contributed by atoms with van der Waals surface area (Å²) in [5.41, 5.74) is 0. The molecule has 0 rings (SSSR count). The van der Waals surface area contributed by atoms with Gasteiger partial charge in [-0.3, -0.25) is 4.99 Å². The second-order valence-electron chi connectivity index (χ2n) is 1.17. The van der Waals surface area contributed by atoms with Crippen molar-refractivity contribution in [2.75, 3.05) is 6.26 Å². The van der Waals surface area contributed by atoms with E-state index in [1.807, 2.05) is 12.3 Å². The van der Waals surface area contributed by atoms with Crippen LogP contribution in [0.2, 0.25) is 0 Å². The Balaban J connectivity index is 3.52. The Morgan fingerprint density at radius 2 is 2.38 bits per heavy atom. The van der Waals surface area contributed by atoms with Crippen molar-refractivity contribution in [3.8, 4) is 0 Å². The second kappa shape index (κ2) is 4.65. The van der Waals surface area contributed by atoms with Crippen LogP contribution < -0.4 is 0 Å². The summed E-state index contributed by atoms with van der Waals surface area (Å²) in [6, 6.07) is 0. The Hall–Kier alpha value is -0.500. The summed E-state index contributed by atoms with van der Waals surface area (Å²) in [7, 11) is 0. The fraction of sp³-hybridized carbons (Fsp3) is 0.167. The molecule has 0 aliphatic rings. The quantitative estimate of drug-likeness (QED) is 0.417. The molecule has 0 saturated heterocycles. The number of allylic oxidation sites excluding steroid dienone is 1. The summed E-state index contributed by atoms with van der Waals surface area (Å²) in [6.07, 6.45) is 5.41. The zero-order valence-corrected chi connectivity index (χ0v) is 5.74. The highest BCUT2D eigenvalue weighted by Gasteiger charge is 1.76. The predicted octanol–water partition coefficient (Wildman–Crippen LogP) is 2.08. The lowest BCUT2D eigenvalue weighted by Crippen LogP contribution is -1.59. The summed E-state index contributed by atoms with van der Waals surface area (Å²) in [6.45, 7) is 6.98. The maximum absolute atomic E-state index is 3.70. The molecule has 0 aliphatic carbocycles. The first-order valence-electron chi connectivity index (χ1n) is 2.16. The van der Waals surface area contributed by atoms with E-state index >= 15 is 0 Å². The highest BCUT2D eigenvalue weighted by atomic mass is 32.2. The van der Waals surface area contributed by atoms with Crippen molar-refractivity contribution in [2.45, 2.75) is 0 Å². The number of hydrogen-bond donors (Lipinski definition) is 0. The van der Waals surface area contributed by atoms with Gasteiger partial charge in [-0.1, -0.05) is 6.58 Å². The Morgan fingerprint density at radius 3 is 2.75 bits per heavy atom. The van der Waals surface area contributed by atoms with Crippen LogP contribution in [0.3, 0.4) is 0 Å². The molecule has 1 nitrogen and oxygen atoms in total. The third kappa shape index (κ3) is 3.68. The summed E-state index contributed by atoms with van der Waals surface area (Å²) < 4.78 is 0. The van der Waals surface area contributed by atoms with Crippen molar-refractivity contribution in [1.29, 1.82) is 0 Å². The first-order valence-corrected chi connectivity index (χ1v) is 3.39.